The second kappa shape index (κ2) is 7.18. The number of methoxy groups -OCH3 is 1. The lowest BCUT2D eigenvalue weighted by atomic mass is 9.96. The summed E-state index contributed by atoms with van der Waals surface area (Å²) in [4.78, 5) is 19.7. The number of nitrogens with zero attached hydrogens (tertiary/aromatic N) is 6. The molecule has 4 rings (SSSR count). The fourth-order valence-corrected chi connectivity index (χ4v) is 3.84. The Morgan fingerprint density at radius 2 is 2.08 bits per heavy atom. The summed E-state index contributed by atoms with van der Waals surface area (Å²) in [5.74, 6) is 3.16. The van der Waals surface area contributed by atoms with Crippen LogP contribution in [0.25, 0.3) is 0 Å². The third-order valence-corrected chi connectivity index (χ3v) is 5.22. The third kappa shape index (κ3) is 3.48. The second-order valence-electron chi connectivity index (χ2n) is 6.07. The zero-order chi connectivity index (χ0) is 17.1. The molecule has 7 nitrogen and oxygen atoms in total. The van der Waals surface area contributed by atoms with E-state index >= 15 is 0 Å². The molecule has 0 aromatic carbocycles. The van der Waals surface area contributed by atoms with Gasteiger partial charge in [-0.2, -0.15) is 0 Å². The van der Waals surface area contributed by atoms with Crippen LogP contribution in [0, 0.1) is 0 Å². The molecule has 0 atom stereocenters. The van der Waals surface area contributed by atoms with Crippen molar-refractivity contribution in [3.05, 3.63) is 47.2 Å². The molecule has 0 N–H and O–H groups in total. The molecule has 0 spiro atoms. The van der Waals surface area contributed by atoms with Gasteiger partial charge in [0, 0.05) is 42.8 Å². The Hall–Kier alpha value is -2.48. The van der Waals surface area contributed by atoms with Crippen molar-refractivity contribution in [2.45, 2.75) is 25.3 Å². The van der Waals surface area contributed by atoms with Gasteiger partial charge in [-0.3, -0.25) is 0 Å². The normalized spacial score (nSPS) is 15.5. The van der Waals surface area contributed by atoms with Crippen LogP contribution >= 0.6 is 11.3 Å². The molecule has 8 heteroatoms. The van der Waals surface area contributed by atoms with Gasteiger partial charge in [0.05, 0.1) is 24.9 Å². The van der Waals surface area contributed by atoms with Crippen LogP contribution in [0.4, 0.5) is 5.82 Å². The van der Waals surface area contributed by atoms with Gasteiger partial charge in [0.15, 0.2) is 0 Å². The first-order chi connectivity index (χ1) is 12.3. The van der Waals surface area contributed by atoms with E-state index in [4.69, 9.17) is 4.74 Å². The van der Waals surface area contributed by atoms with E-state index in [1.165, 1.54) is 0 Å². The van der Waals surface area contributed by atoms with Crippen molar-refractivity contribution >= 4 is 17.2 Å². The van der Waals surface area contributed by atoms with E-state index in [0.29, 0.717) is 11.8 Å². The largest absolute Gasteiger partial charge is 0.481 e. The Balaban J connectivity index is 1.43. The van der Waals surface area contributed by atoms with E-state index in [1.54, 1.807) is 24.8 Å². The Labute approximate surface area is 150 Å². The van der Waals surface area contributed by atoms with Crippen LogP contribution in [-0.2, 0) is 6.54 Å². The highest BCUT2D eigenvalue weighted by atomic mass is 32.1. The maximum absolute atomic E-state index is 5.20. The van der Waals surface area contributed by atoms with Gasteiger partial charge in [-0.25, -0.2) is 19.9 Å². The van der Waals surface area contributed by atoms with Crippen molar-refractivity contribution in [1.82, 2.24) is 24.5 Å². The zero-order valence-electron chi connectivity index (χ0n) is 14.1. The van der Waals surface area contributed by atoms with Gasteiger partial charge >= 0.3 is 0 Å². The molecule has 0 aliphatic carbocycles. The summed E-state index contributed by atoms with van der Waals surface area (Å²) in [5.41, 5.74) is 2.97. The van der Waals surface area contributed by atoms with Gasteiger partial charge in [0.2, 0.25) is 5.88 Å². The monoisotopic (exact) mass is 356 g/mol. The molecule has 4 heterocycles. The first kappa shape index (κ1) is 16.0. The molecule has 130 valence electrons. The molecular formula is C17H20N6OS. The molecule has 3 aromatic rings. The molecule has 1 fully saturated rings. The molecule has 0 amide bonds. The third-order valence-electron chi connectivity index (χ3n) is 4.58. The van der Waals surface area contributed by atoms with Crippen LogP contribution in [0.2, 0.25) is 0 Å². The molecular weight excluding hydrogens is 336 g/mol. The van der Waals surface area contributed by atoms with Gasteiger partial charge in [0.1, 0.15) is 18.0 Å². The predicted octanol–water partition coefficient (Wildman–Crippen LogP) is 2.57. The van der Waals surface area contributed by atoms with Crippen molar-refractivity contribution in [2.24, 2.45) is 0 Å². The SMILES string of the molecule is COc1cc(N2CCC(c3nccn3Cc3cscn3)CC2)ncn1. The molecule has 0 saturated carbocycles. The van der Waals surface area contributed by atoms with Crippen LogP contribution in [0.15, 0.2) is 35.7 Å². The molecule has 0 unspecified atom stereocenters. The van der Waals surface area contributed by atoms with Crippen LogP contribution in [0.1, 0.15) is 30.3 Å². The second-order valence-corrected chi connectivity index (χ2v) is 6.79. The van der Waals surface area contributed by atoms with Gasteiger partial charge < -0.3 is 14.2 Å². The quantitative estimate of drug-likeness (QED) is 0.700. The van der Waals surface area contributed by atoms with Crippen LogP contribution in [0.5, 0.6) is 5.88 Å². The number of imidazole rings is 1. The zero-order valence-corrected chi connectivity index (χ0v) is 14.9. The van der Waals surface area contributed by atoms with Gasteiger partial charge in [0.25, 0.3) is 0 Å². The van der Waals surface area contributed by atoms with E-state index in [9.17, 15) is 0 Å². The average molecular weight is 356 g/mol. The summed E-state index contributed by atoms with van der Waals surface area (Å²) < 4.78 is 7.42. The number of piperidine rings is 1. The van der Waals surface area contributed by atoms with Crippen molar-refractivity contribution in [3.63, 3.8) is 0 Å². The first-order valence-electron chi connectivity index (χ1n) is 8.32. The van der Waals surface area contributed by atoms with Crippen molar-refractivity contribution in [3.8, 4) is 5.88 Å². The lowest BCUT2D eigenvalue weighted by Crippen LogP contribution is -2.34. The average Bonchev–Trinajstić information content (AvgIpc) is 3.34. The van der Waals surface area contributed by atoms with E-state index in [0.717, 1.165) is 49.8 Å². The number of hydrogen-bond donors (Lipinski definition) is 0. The number of ether oxygens (including phenoxy) is 1. The predicted molar refractivity (Wildman–Crippen MR) is 96.2 cm³/mol. The summed E-state index contributed by atoms with van der Waals surface area (Å²) in [6, 6.07) is 1.89. The summed E-state index contributed by atoms with van der Waals surface area (Å²) in [7, 11) is 1.63. The highest BCUT2D eigenvalue weighted by Gasteiger charge is 2.25. The van der Waals surface area contributed by atoms with E-state index in [2.05, 4.69) is 41.0 Å². The molecule has 3 aromatic heterocycles. The van der Waals surface area contributed by atoms with Crippen LogP contribution < -0.4 is 9.64 Å². The minimum absolute atomic E-state index is 0.466. The molecule has 0 bridgehead atoms. The van der Waals surface area contributed by atoms with Crippen molar-refractivity contribution < 1.29 is 4.74 Å². The fourth-order valence-electron chi connectivity index (χ4n) is 3.29. The number of anilines is 1. The number of thiazole rings is 1. The summed E-state index contributed by atoms with van der Waals surface area (Å²) >= 11 is 1.63. The van der Waals surface area contributed by atoms with E-state index < -0.39 is 0 Å². The lowest BCUT2D eigenvalue weighted by molar-refractivity contribution is 0.396. The summed E-state index contributed by atoms with van der Waals surface area (Å²) in [5, 5.41) is 2.09. The minimum Gasteiger partial charge on any atom is -0.481 e. The number of rotatable bonds is 5. The first-order valence-corrected chi connectivity index (χ1v) is 9.27. The Morgan fingerprint density at radius 1 is 1.20 bits per heavy atom. The standard InChI is InChI=1S/C17H20N6OS/c1-24-16-8-15(19-11-20-16)22-5-2-13(3-6-22)17-18-4-7-23(17)9-14-10-25-12-21-14/h4,7-8,10-13H,2-3,5-6,9H2,1H3. The lowest BCUT2D eigenvalue weighted by Gasteiger charge is -2.32. The Bertz CT molecular complexity index is 810. The van der Waals surface area contributed by atoms with E-state index in [1.807, 2.05) is 17.8 Å². The number of hydrogen-bond acceptors (Lipinski definition) is 7. The van der Waals surface area contributed by atoms with E-state index in [-0.39, 0.29) is 0 Å². The van der Waals surface area contributed by atoms with Crippen molar-refractivity contribution in [2.75, 3.05) is 25.1 Å². The molecule has 1 aliphatic heterocycles. The minimum atomic E-state index is 0.466. The molecule has 25 heavy (non-hydrogen) atoms. The fraction of sp³-hybridized carbons (Fsp3) is 0.412. The van der Waals surface area contributed by atoms with Crippen molar-refractivity contribution in [1.29, 1.82) is 0 Å². The Kier molecular flexibility index (Phi) is 4.60. The highest BCUT2D eigenvalue weighted by Crippen LogP contribution is 2.29. The van der Waals surface area contributed by atoms with Gasteiger partial charge in [-0.15, -0.1) is 11.3 Å². The number of aromatic nitrogens is 5. The molecule has 1 aliphatic rings. The van der Waals surface area contributed by atoms with Gasteiger partial charge in [-0.05, 0) is 12.8 Å². The summed E-state index contributed by atoms with van der Waals surface area (Å²) in [6.07, 6.45) is 7.61. The van der Waals surface area contributed by atoms with Crippen LogP contribution in [0.3, 0.4) is 0 Å². The van der Waals surface area contributed by atoms with Crippen LogP contribution in [-0.4, -0.2) is 44.7 Å². The van der Waals surface area contributed by atoms with Gasteiger partial charge in [-0.1, -0.05) is 0 Å². The maximum atomic E-state index is 5.20. The highest BCUT2D eigenvalue weighted by molar-refractivity contribution is 7.07. The molecule has 1 saturated heterocycles. The topological polar surface area (TPSA) is 69.0 Å². The summed E-state index contributed by atoms with van der Waals surface area (Å²) in [6.45, 7) is 2.70. The Morgan fingerprint density at radius 3 is 2.84 bits per heavy atom. The smallest absolute Gasteiger partial charge is 0.218 e. The maximum Gasteiger partial charge on any atom is 0.218 e. The molecule has 0 radical (unpaired) electrons.